The molecule has 0 spiro atoms. The number of halogens is 1. The number of amides is 1. The molecule has 0 bridgehead atoms. The van der Waals surface area contributed by atoms with Crippen LogP contribution in [0.5, 0.6) is 0 Å². The van der Waals surface area contributed by atoms with Crippen molar-refractivity contribution < 1.29 is 13.2 Å². The van der Waals surface area contributed by atoms with E-state index in [4.69, 9.17) is 11.5 Å². The highest BCUT2D eigenvalue weighted by molar-refractivity contribution is 9.10. The van der Waals surface area contributed by atoms with E-state index in [2.05, 4.69) is 27.8 Å². The molecule has 1 unspecified atom stereocenters. The Bertz CT molecular complexity index is 726. The van der Waals surface area contributed by atoms with Crippen LogP contribution < -0.4 is 11.5 Å². The van der Waals surface area contributed by atoms with Gasteiger partial charge >= 0.3 is 0 Å². The molecule has 4 N–H and O–H groups in total. The highest BCUT2D eigenvalue weighted by atomic mass is 79.9. The Hall–Kier alpha value is -1.41. The molecule has 1 aromatic rings. The Morgan fingerprint density at radius 3 is 2.35 bits per heavy atom. The van der Waals surface area contributed by atoms with Gasteiger partial charge in [-0.2, -0.15) is 4.99 Å². The Balaban J connectivity index is 3.62. The molecule has 0 aromatic heterocycles. The Morgan fingerprint density at radius 2 is 1.91 bits per heavy atom. The number of nitrogens with zero attached hydrogens (tertiary/aromatic N) is 1. The normalized spacial score (nSPS) is 12.7. The van der Waals surface area contributed by atoms with E-state index < -0.39 is 15.7 Å². The van der Waals surface area contributed by atoms with Crippen molar-refractivity contribution in [3.63, 3.8) is 0 Å². The number of benzene rings is 1. The molecule has 0 heterocycles. The summed E-state index contributed by atoms with van der Waals surface area (Å²) in [7, 11) is -3.53. The first kappa shape index (κ1) is 19.6. The maximum absolute atomic E-state index is 12.3. The van der Waals surface area contributed by atoms with Crippen LogP contribution in [0.1, 0.15) is 54.9 Å². The fourth-order valence-corrected chi connectivity index (χ4v) is 5.05. The standard InChI is InChI=1S/C15H22BrN3O3S/c1-4-6-9(5-2)10-7-8-11(14(20)19-15(17)18)12(16)13(10)23(3,21)22/h7-9H,4-6H2,1-3H3,(H4,17,18,19,20). The van der Waals surface area contributed by atoms with Gasteiger partial charge in [-0.05, 0) is 46.3 Å². The van der Waals surface area contributed by atoms with Crippen LogP contribution in [0.3, 0.4) is 0 Å². The molecule has 0 saturated heterocycles. The van der Waals surface area contributed by atoms with Crippen molar-refractivity contribution in [2.24, 2.45) is 16.5 Å². The summed E-state index contributed by atoms with van der Waals surface area (Å²) in [6.07, 6.45) is 3.74. The van der Waals surface area contributed by atoms with Gasteiger partial charge in [0.25, 0.3) is 5.91 Å². The zero-order chi connectivity index (χ0) is 17.8. The molecule has 0 aliphatic heterocycles. The number of aliphatic imine (C=N–C) groups is 1. The summed E-state index contributed by atoms with van der Waals surface area (Å²) in [5, 5.41) is 0. The van der Waals surface area contributed by atoms with Gasteiger partial charge in [-0.3, -0.25) is 4.79 Å². The van der Waals surface area contributed by atoms with E-state index in [-0.39, 0.29) is 26.8 Å². The Morgan fingerprint density at radius 1 is 1.30 bits per heavy atom. The van der Waals surface area contributed by atoms with Gasteiger partial charge in [-0.1, -0.05) is 26.3 Å². The van der Waals surface area contributed by atoms with E-state index in [1.807, 2.05) is 6.92 Å². The summed E-state index contributed by atoms with van der Waals surface area (Å²) in [5.74, 6) is -0.950. The van der Waals surface area contributed by atoms with E-state index in [1.165, 1.54) is 0 Å². The zero-order valence-corrected chi connectivity index (χ0v) is 15.9. The lowest BCUT2D eigenvalue weighted by molar-refractivity contribution is 0.100. The summed E-state index contributed by atoms with van der Waals surface area (Å²) in [6.45, 7) is 4.06. The molecule has 0 saturated carbocycles. The molecule has 0 fully saturated rings. The molecule has 128 valence electrons. The number of hydrogen-bond donors (Lipinski definition) is 2. The lowest BCUT2D eigenvalue weighted by Gasteiger charge is -2.20. The van der Waals surface area contributed by atoms with Gasteiger partial charge in [0.1, 0.15) is 0 Å². The second kappa shape index (κ2) is 7.92. The van der Waals surface area contributed by atoms with Crippen LogP contribution >= 0.6 is 15.9 Å². The number of carbonyl (C=O) groups is 1. The van der Waals surface area contributed by atoms with E-state index in [9.17, 15) is 13.2 Å². The maximum atomic E-state index is 12.3. The van der Waals surface area contributed by atoms with Gasteiger partial charge < -0.3 is 11.5 Å². The van der Waals surface area contributed by atoms with Crippen molar-refractivity contribution in [3.05, 3.63) is 27.7 Å². The third-order valence-corrected chi connectivity index (χ3v) is 5.80. The largest absolute Gasteiger partial charge is 0.370 e. The van der Waals surface area contributed by atoms with Crippen LogP contribution in [0.25, 0.3) is 0 Å². The first-order valence-electron chi connectivity index (χ1n) is 7.29. The predicted molar refractivity (Wildman–Crippen MR) is 95.3 cm³/mol. The van der Waals surface area contributed by atoms with Crippen LogP contribution in [0.4, 0.5) is 0 Å². The summed E-state index contributed by atoms with van der Waals surface area (Å²) in [5.41, 5.74) is 11.3. The van der Waals surface area contributed by atoms with Gasteiger partial charge in [0.15, 0.2) is 15.8 Å². The second-order valence-electron chi connectivity index (χ2n) is 5.35. The lowest BCUT2D eigenvalue weighted by Crippen LogP contribution is -2.24. The molecule has 1 rings (SSSR count). The van der Waals surface area contributed by atoms with Gasteiger partial charge in [0.05, 0.1) is 10.5 Å². The smallest absolute Gasteiger partial charge is 0.281 e. The molecule has 0 radical (unpaired) electrons. The highest BCUT2D eigenvalue weighted by Crippen LogP contribution is 2.37. The summed E-state index contributed by atoms with van der Waals surface area (Å²) in [4.78, 5) is 15.7. The Labute approximate surface area is 145 Å². The van der Waals surface area contributed by atoms with Crippen molar-refractivity contribution >= 4 is 37.6 Å². The van der Waals surface area contributed by atoms with Crippen molar-refractivity contribution in [1.29, 1.82) is 0 Å². The van der Waals surface area contributed by atoms with Crippen molar-refractivity contribution in [2.75, 3.05) is 6.26 Å². The van der Waals surface area contributed by atoms with E-state index >= 15 is 0 Å². The van der Waals surface area contributed by atoms with Gasteiger partial charge in [0, 0.05) is 10.7 Å². The van der Waals surface area contributed by atoms with Crippen molar-refractivity contribution in [2.45, 2.75) is 43.9 Å². The molecule has 1 aromatic carbocycles. The molecule has 1 atom stereocenters. The number of hydrogen-bond acceptors (Lipinski definition) is 3. The fraction of sp³-hybridized carbons (Fsp3) is 0.467. The first-order valence-corrected chi connectivity index (χ1v) is 9.98. The molecule has 0 aliphatic rings. The van der Waals surface area contributed by atoms with Crippen molar-refractivity contribution in [1.82, 2.24) is 0 Å². The van der Waals surface area contributed by atoms with Crippen LogP contribution in [-0.4, -0.2) is 26.5 Å². The topological polar surface area (TPSA) is 116 Å². The number of carbonyl (C=O) groups excluding carboxylic acids is 1. The SMILES string of the molecule is CCCC(CC)c1ccc(C(=O)N=C(N)N)c(Br)c1S(C)(=O)=O. The molecule has 8 heteroatoms. The zero-order valence-electron chi connectivity index (χ0n) is 13.5. The number of sulfone groups is 1. The number of guanidine groups is 1. The lowest BCUT2D eigenvalue weighted by atomic mass is 9.91. The summed E-state index contributed by atoms with van der Waals surface area (Å²) < 4.78 is 24.7. The minimum Gasteiger partial charge on any atom is -0.370 e. The number of rotatable bonds is 6. The monoisotopic (exact) mass is 403 g/mol. The summed E-state index contributed by atoms with van der Waals surface area (Å²) >= 11 is 3.26. The molecular formula is C15H22BrN3O3S. The molecule has 0 aliphatic carbocycles. The van der Waals surface area contributed by atoms with Gasteiger partial charge in [-0.25, -0.2) is 8.42 Å². The minimum absolute atomic E-state index is 0.105. The van der Waals surface area contributed by atoms with Crippen LogP contribution in [0, 0.1) is 0 Å². The third-order valence-electron chi connectivity index (χ3n) is 3.53. The van der Waals surface area contributed by atoms with Crippen LogP contribution in [-0.2, 0) is 9.84 Å². The molecule has 23 heavy (non-hydrogen) atoms. The van der Waals surface area contributed by atoms with E-state index in [0.717, 1.165) is 25.5 Å². The Kier molecular flexibility index (Phi) is 6.76. The second-order valence-corrected chi connectivity index (χ2v) is 8.10. The third kappa shape index (κ3) is 4.78. The predicted octanol–water partition coefficient (Wildman–Crippen LogP) is 2.56. The molecule has 6 nitrogen and oxygen atoms in total. The summed E-state index contributed by atoms with van der Waals surface area (Å²) in [6, 6.07) is 3.24. The maximum Gasteiger partial charge on any atom is 0.281 e. The van der Waals surface area contributed by atoms with Crippen molar-refractivity contribution in [3.8, 4) is 0 Å². The molecule has 1 amide bonds. The van der Waals surface area contributed by atoms with Gasteiger partial charge in [0.2, 0.25) is 0 Å². The molecular weight excluding hydrogens is 382 g/mol. The minimum atomic E-state index is -3.53. The highest BCUT2D eigenvalue weighted by Gasteiger charge is 2.26. The number of nitrogens with two attached hydrogens (primary N) is 2. The van der Waals surface area contributed by atoms with E-state index in [0.29, 0.717) is 5.56 Å². The quantitative estimate of drug-likeness (QED) is 0.559. The fourth-order valence-electron chi connectivity index (χ4n) is 2.54. The average molecular weight is 404 g/mol. The average Bonchev–Trinajstić information content (AvgIpc) is 2.42. The first-order chi connectivity index (χ1) is 10.6. The van der Waals surface area contributed by atoms with Gasteiger partial charge in [-0.15, -0.1) is 0 Å². The van der Waals surface area contributed by atoms with E-state index in [1.54, 1.807) is 12.1 Å². The van der Waals surface area contributed by atoms with Crippen LogP contribution in [0.2, 0.25) is 0 Å². The van der Waals surface area contributed by atoms with Crippen LogP contribution in [0.15, 0.2) is 26.5 Å².